The summed E-state index contributed by atoms with van der Waals surface area (Å²) in [5.74, 6) is 0.109. The molecule has 2 aromatic carbocycles. The van der Waals surface area contributed by atoms with E-state index in [0.717, 1.165) is 16.9 Å². The first-order valence-electron chi connectivity index (χ1n) is 9.31. The molecule has 0 aliphatic rings. The summed E-state index contributed by atoms with van der Waals surface area (Å²) >= 11 is 0. The number of carbonyl (C=O) groups is 2. The van der Waals surface area contributed by atoms with Crippen LogP contribution in [-0.4, -0.2) is 28.3 Å². The second-order valence-electron chi connectivity index (χ2n) is 6.57. The van der Waals surface area contributed by atoms with Crippen molar-refractivity contribution < 1.29 is 9.59 Å². The first kappa shape index (κ1) is 20.0. The van der Waals surface area contributed by atoms with Crippen LogP contribution in [0.3, 0.4) is 0 Å². The van der Waals surface area contributed by atoms with Gasteiger partial charge in [0.1, 0.15) is 0 Å². The fourth-order valence-corrected chi connectivity index (χ4v) is 2.87. The second-order valence-corrected chi connectivity index (χ2v) is 6.57. The number of anilines is 4. The maximum Gasteiger partial charge on any atom is 0.261 e. The van der Waals surface area contributed by atoms with Gasteiger partial charge in [0, 0.05) is 42.9 Å². The lowest BCUT2D eigenvalue weighted by atomic mass is 10.2. The summed E-state index contributed by atoms with van der Waals surface area (Å²) < 4.78 is 0. The number of rotatable bonds is 6. The van der Waals surface area contributed by atoms with Gasteiger partial charge in [-0.2, -0.15) is 0 Å². The zero-order valence-corrected chi connectivity index (χ0v) is 16.6. The van der Waals surface area contributed by atoms with Gasteiger partial charge in [0.2, 0.25) is 11.9 Å². The summed E-state index contributed by atoms with van der Waals surface area (Å²) in [4.78, 5) is 34.2. The lowest BCUT2D eigenvalue weighted by Crippen LogP contribution is -2.30. The van der Waals surface area contributed by atoms with E-state index in [9.17, 15) is 9.59 Å². The van der Waals surface area contributed by atoms with Crippen molar-refractivity contribution in [3.05, 3.63) is 72.1 Å². The Hall–Kier alpha value is -3.74. The average molecular weight is 389 g/mol. The molecule has 7 heteroatoms. The maximum atomic E-state index is 12.9. The molecule has 1 heterocycles. The molecule has 0 saturated heterocycles. The molecule has 0 fully saturated rings. The van der Waals surface area contributed by atoms with Crippen molar-refractivity contribution in [2.75, 3.05) is 22.1 Å². The topological polar surface area (TPSA) is 87.2 Å². The van der Waals surface area contributed by atoms with E-state index in [2.05, 4.69) is 20.6 Å². The number of aryl methyl sites for hydroxylation is 1. The molecule has 0 bridgehead atoms. The molecule has 148 valence electrons. The molecule has 0 atom stereocenters. The lowest BCUT2D eigenvalue weighted by Gasteiger charge is -2.21. The Balaban J connectivity index is 1.70. The van der Waals surface area contributed by atoms with Gasteiger partial charge in [0.25, 0.3) is 5.91 Å². The third kappa shape index (κ3) is 5.16. The van der Waals surface area contributed by atoms with Crippen LogP contribution >= 0.6 is 0 Å². The van der Waals surface area contributed by atoms with Crippen LogP contribution in [-0.2, 0) is 4.79 Å². The summed E-state index contributed by atoms with van der Waals surface area (Å²) in [7, 11) is 0. The zero-order chi connectivity index (χ0) is 20.8. The minimum atomic E-state index is -0.149. The maximum absolute atomic E-state index is 12.9. The third-order valence-electron chi connectivity index (χ3n) is 4.23. The molecule has 0 saturated carbocycles. The van der Waals surface area contributed by atoms with Crippen molar-refractivity contribution in [2.24, 2.45) is 0 Å². The van der Waals surface area contributed by atoms with Crippen molar-refractivity contribution >= 4 is 34.8 Å². The van der Waals surface area contributed by atoms with Gasteiger partial charge in [-0.25, -0.2) is 9.97 Å². The first-order valence-corrected chi connectivity index (χ1v) is 9.31. The minimum Gasteiger partial charge on any atom is -0.326 e. The molecule has 2 N–H and O–H groups in total. The van der Waals surface area contributed by atoms with E-state index in [1.807, 2.05) is 50.2 Å². The second kappa shape index (κ2) is 8.97. The number of nitrogens with zero attached hydrogens (tertiary/aromatic N) is 3. The highest BCUT2D eigenvalue weighted by Gasteiger charge is 2.17. The van der Waals surface area contributed by atoms with Crippen molar-refractivity contribution in [3.8, 4) is 0 Å². The van der Waals surface area contributed by atoms with Gasteiger partial charge in [-0.3, -0.25) is 9.59 Å². The summed E-state index contributed by atoms with van der Waals surface area (Å²) in [6, 6.07) is 15.0. The quantitative estimate of drug-likeness (QED) is 0.661. The lowest BCUT2D eigenvalue weighted by molar-refractivity contribution is -0.114. The smallest absolute Gasteiger partial charge is 0.261 e. The Morgan fingerprint density at radius 3 is 2.24 bits per heavy atom. The van der Waals surface area contributed by atoms with Gasteiger partial charge < -0.3 is 15.5 Å². The molecule has 3 rings (SSSR count). The predicted octanol–water partition coefficient (Wildman–Crippen LogP) is 4.15. The fourth-order valence-electron chi connectivity index (χ4n) is 2.87. The van der Waals surface area contributed by atoms with E-state index < -0.39 is 0 Å². The van der Waals surface area contributed by atoms with Gasteiger partial charge in [0.15, 0.2) is 0 Å². The largest absolute Gasteiger partial charge is 0.326 e. The third-order valence-corrected chi connectivity index (χ3v) is 4.23. The minimum absolute atomic E-state index is 0.124. The number of nitrogens with one attached hydrogen (secondary N) is 2. The van der Waals surface area contributed by atoms with Gasteiger partial charge in [-0.15, -0.1) is 0 Å². The molecule has 0 spiro atoms. The molecule has 3 aromatic rings. The molecule has 2 amide bonds. The van der Waals surface area contributed by atoms with Crippen LogP contribution in [0.1, 0.15) is 29.8 Å². The molecule has 1 aromatic heterocycles. The van der Waals surface area contributed by atoms with Gasteiger partial charge >= 0.3 is 0 Å². The highest BCUT2D eigenvalue weighted by molar-refractivity contribution is 6.05. The van der Waals surface area contributed by atoms with Crippen molar-refractivity contribution in [2.45, 2.75) is 20.8 Å². The Morgan fingerprint density at radius 2 is 1.66 bits per heavy atom. The van der Waals surface area contributed by atoms with Crippen LogP contribution in [0.15, 0.2) is 60.9 Å². The molecule has 0 unspecified atom stereocenters. The molecule has 0 aliphatic heterocycles. The average Bonchev–Trinajstić information content (AvgIpc) is 2.70. The summed E-state index contributed by atoms with van der Waals surface area (Å²) in [6.45, 7) is 5.93. The number of benzene rings is 2. The molecular formula is C22H23N5O2. The van der Waals surface area contributed by atoms with Crippen LogP contribution in [0.25, 0.3) is 0 Å². The summed E-state index contributed by atoms with van der Waals surface area (Å²) in [5, 5.41) is 5.78. The van der Waals surface area contributed by atoms with Crippen molar-refractivity contribution in [3.63, 3.8) is 0 Å². The zero-order valence-electron chi connectivity index (χ0n) is 16.6. The molecular weight excluding hydrogens is 366 g/mol. The first-order chi connectivity index (χ1) is 14.0. The van der Waals surface area contributed by atoms with Crippen LogP contribution in [0, 0.1) is 6.92 Å². The van der Waals surface area contributed by atoms with Crippen LogP contribution in [0.5, 0.6) is 0 Å². The highest BCUT2D eigenvalue weighted by atomic mass is 16.2. The SMILES string of the molecule is CCN(C(=O)c1cnc(Nc2ccc(NC(C)=O)cc2)nc1)c1cccc(C)c1. The molecule has 0 aliphatic carbocycles. The van der Waals surface area contributed by atoms with Crippen molar-refractivity contribution in [1.82, 2.24) is 9.97 Å². The van der Waals surface area contributed by atoms with Crippen LogP contribution in [0.4, 0.5) is 23.0 Å². The number of amides is 2. The molecule has 7 nitrogen and oxygen atoms in total. The van der Waals surface area contributed by atoms with E-state index in [1.165, 1.54) is 19.3 Å². The van der Waals surface area contributed by atoms with Gasteiger partial charge in [0.05, 0.1) is 5.56 Å². The van der Waals surface area contributed by atoms with E-state index in [-0.39, 0.29) is 11.8 Å². The Morgan fingerprint density at radius 1 is 1.00 bits per heavy atom. The Labute approximate surface area is 169 Å². The van der Waals surface area contributed by atoms with Crippen LogP contribution in [0.2, 0.25) is 0 Å². The van der Waals surface area contributed by atoms with E-state index in [4.69, 9.17) is 0 Å². The Bertz CT molecular complexity index is 1000. The number of aromatic nitrogens is 2. The number of carbonyl (C=O) groups excluding carboxylic acids is 2. The van der Waals surface area contributed by atoms with Crippen molar-refractivity contribution in [1.29, 1.82) is 0 Å². The van der Waals surface area contributed by atoms with Gasteiger partial charge in [-0.05, 0) is 55.8 Å². The van der Waals surface area contributed by atoms with E-state index in [0.29, 0.717) is 23.7 Å². The Kier molecular flexibility index (Phi) is 6.19. The van der Waals surface area contributed by atoms with E-state index in [1.54, 1.807) is 17.0 Å². The van der Waals surface area contributed by atoms with Gasteiger partial charge in [-0.1, -0.05) is 12.1 Å². The predicted molar refractivity (Wildman–Crippen MR) is 115 cm³/mol. The highest BCUT2D eigenvalue weighted by Crippen LogP contribution is 2.19. The molecule has 29 heavy (non-hydrogen) atoms. The number of hydrogen-bond donors (Lipinski definition) is 2. The fraction of sp³-hybridized carbons (Fsp3) is 0.182. The summed E-state index contributed by atoms with van der Waals surface area (Å²) in [6.07, 6.45) is 3.03. The monoisotopic (exact) mass is 389 g/mol. The number of hydrogen-bond acceptors (Lipinski definition) is 5. The van der Waals surface area contributed by atoms with Crippen LogP contribution < -0.4 is 15.5 Å². The standard InChI is InChI=1S/C22H23N5O2/c1-4-27(20-7-5-6-15(2)12-20)21(29)17-13-23-22(24-14-17)26-19-10-8-18(9-11-19)25-16(3)28/h5-14H,4H2,1-3H3,(H,25,28)(H,23,24,26). The normalized spacial score (nSPS) is 10.3. The molecule has 0 radical (unpaired) electrons. The summed E-state index contributed by atoms with van der Waals surface area (Å²) in [5.41, 5.74) is 3.83. The van der Waals surface area contributed by atoms with E-state index >= 15 is 0 Å².